The van der Waals surface area contributed by atoms with Crippen LogP contribution in [0.2, 0.25) is 0 Å². The zero-order chi connectivity index (χ0) is 27.2. The van der Waals surface area contributed by atoms with Gasteiger partial charge >= 0.3 is 0 Å². The fourth-order valence-corrected chi connectivity index (χ4v) is 5.57. The minimum atomic E-state index is -0.387. The van der Waals surface area contributed by atoms with Gasteiger partial charge in [-0.1, -0.05) is 42.0 Å². The molecule has 4 rings (SSSR count). The molecule has 1 unspecified atom stereocenters. The van der Waals surface area contributed by atoms with E-state index in [4.69, 9.17) is 9.47 Å². The first-order valence-electron chi connectivity index (χ1n) is 11.9. The Bertz CT molecular complexity index is 1430. The highest BCUT2D eigenvalue weighted by molar-refractivity contribution is 8.00. The predicted molar refractivity (Wildman–Crippen MR) is 155 cm³/mol. The second kappa shape index (κ2) is 12.1. The van der Waals surface area contributed by atoms with Gasteiger partial charge in [0.05, 0.1) is 25.2 Å². The van der Waals surface area contributed by atoms with Crippen molar-refractivity contribution in [1.82, 2.24) is 4.98 Å². The fraction of sp³-hybridized carbons (Fsp3) is 0.207. The van der Waals surface area contributed by atoms with Gasteiger partial charge in [0.25, 0.3) is 5.91 Å². The summed E-state index contributed by atoms with van der Waals surface area (Å²) in [5.74, 6) is 0.337. The van der Waals surface area contributed by atoms with E-state index in [0.29, 0.717) is 27.9 Å². The van der Waals surface area contributed by atoms with Crippen LogP contribution in [0.25, 0.3) is 11.3 Å². The third-order valence-corrected chi connectivity index (χ3v) is 7.76. The summed E-state index contributed by atoms with van der Waals surface area (Å²) in [7, 11) is 3.01. The van der Waals surface area contributed by atoms with Crippen molar-refractivity contribution in [3.63, 3.8) is 0 Å². The van der Waals surface area contributed by atoms with Crippen molar-refractivity contribution < 1.29 is 19.1 Å². The molecule has 0 saturated carbocycles. The van der Waals surface area contributed by atoms with Gasteiger partial charge in [-0.25, -0.2) is 4.98 Å². The first-order chi connectivity index (χ1) is 18.3. The maximum absolute atomic E-state index is 13.0. The van der Waals surface area contributed by atoms with E-state index in [-0.39, 0.29) is 17.1 Å². The second-order valence-corrected chi connectivity index (χ2v) is 11.2. The molecular formula is C29H29N3O4S2. The van der Waals surface area contributed by atoms with Gasteiger partial charge in [-0.2, -0.15) is 0 Å². The standard InChI is InChI=1S/C29H29N3O4S2/c1-17-12-14-20(15-13-17)26-18(2)38-29(31-26)32-27(33)19(3)37-22-9-6-8-21(16-22)30-28(34)25-23(35-4)10-7-11-24(25)36-5/h6-16,19H,1-5H3,(H,30,34)(H,31,32,33). The molecule has 38 heavy (non-hydrogen) atoms. The normalized spacial score (nSPS) is 11.5. The summed E-state index contributed by atoms with van der Waals surface area (Å²) in [6.07, 6.45) is 0. The number of benzene rings is 3. The SMILES string of the molecule is COc1cccc(OC)c1C(=O)Nc1cccc(SC(C)C(=O)Nc2nc(-c3ccc(C)cc3)c(C)s2)c1. The minimum Gasteiger partial charge on any atom is -0.496 e. The lowest BCUT2D eigenvalue weighted by molar-refractivity contribution is -0.115. The van der Waals surface area contributed by atoms with E-state index >= 15 is 0 Å². The number of nitrogens with one attached hydrogen (secondary N) is 2. The highest BCUT2D eigenvalue weighted by Gasteiger charge is 2.20. The number of anilines is 2. The van der Waals surface area contributed by atoms with Gasteiger partial charge in [0.1, 0.15) is 17.1 Å². The van der Waals surface area contributed by atoms with Gasteiger partial charge in [0, 0.05) is 21.0 Å². The Kier molecular flexibility index (Phi) is 8.70. The van der Waals surface area contributed by atoms with Crippen molar-refractivity contribution in [2.24, 2.45) is 0 Å². The number of nitrogens with zero attached hydrogens (tertiary/aromatic N) is 1. The Morgan fingerprint density at radius 2 is 1.58 bits per heavy atom. The number of thiazole rings is 1. The molecule has 0 aliphatic rings. The van der Waals surface area contributed by atoms with Crippen LogP contribution in [-0.2, 0) is 4.79 Å². The molecule has 0 radical (unpaired) electrons. The zero-order valence-electron chi connectivity index (χ0n) is 21.8. The molecule has 0 bridgehead atoms. The van der Waals surface area contributed by atoms with Crippen LogP contribution >= 0.6 is 23.1 Å². The number of amides is 2. The molecule has 196 valence electrons. The van der Waals surface area contributed by atoms with E-state index < -0.39 is 0 Å². The monoisotopic (exact) mass is 547 g/mol. The number of aryl methyl sites for hydroxylation is 2. The van der Waals surface area contributed by atoms with Gasteiger partial charge in [-0.3, -0.25) is 9.59 Å². The molecule has 0 aliphatic heterocycles. The Morgan fingerprint density at radius 3 is 2.24 bits per heavy atom. The first kappa shape index (κ1) is 27.2. The Balaban J connectivity index is 1.42. The molecule has 7 nitrogen and oxygen atoms in total. The lowest BCUT2D eigenvalue weighted by Gasteiger charge is -2.14. The average Bonchev–Trinajstić information content (AvgIpc) is 3.28. The second-order valence-electron chi connectivity index (χ2n) is 8.56. The van der Waals surface area contributed by atoms with E-state index in [0.717, 1.165) is 21.0 Å². The zero-order valence-corrected chi connectivity index (χ0v) is 23.5. The summed E-state index contributed by atoms with van der Waals surface area (Å²) in [6.45, 7) is 5.89. The van der Waals surface area contributed by atoms with Gasteiger partial charge in [0.15, 0.2) is 5.13 Å². The minimum absolute atomic E-state index is 0.146. The number of aromatic nitrogens is 1. The Morgan fingerprint density at radius 1 is 0.921 bits per heavy atom. The summed E-state index contributed by atoms with van der Waals surface area (Å²) in [4.78, 5) is 32.5. The highest BCUT2D eigenvalue weighted by Crippen LogP contribution is 2.33. The van der Waals surface area contributed by atoms with E-state index in [1.165, 1.54) is 42.9 Å². The molecule has 9 heteroatoms. The lowest BCUT2D eigenvalue weighted by atomic mass is 10.1. The van der Waals surface area contributed by atoms with E-state index in [1.54, 1.807) is 24.3 Å². The van der Waals surface area contributed by atoms with Gasteiger partial charge in [-0.05, 0) is 51.1 Å². The number of rotatable bonds is 9. The van der Waals surface area contributed by atoms with Gasteiger partial charge in [-0.15, -0.1) is 23.1 Å². The van der Waals surface area contributed by atoms with Crippen LogP contribution in [-0.4, -0.2) is 36.3 Å². The van der Waals surface area contributed by atoms with E-state index in [2.05, 4.69) is 27.8 Å². The number of carbonyl (C=O) groups excluding carboxylic acids is 2. The van der Waals surface area contributed by atoms with Crippen LogP contribution in [0.1, 0.15) is 27.7 Å². The van der Waals surface area contributed by atoms with Crippen LogP contribution < -0.4 is 20.1 Å². The molecule has 1 heterocycles. The summed E-state index contributed by atoms with van der Waals surface area (Å²) >= 11 is 2.85. The molecule has 2 amide bonds. The maximum atomic E-state index is 13.0. The largest absolute Gasteiger partial charge is 0.496 e. The van der Waals surface area contributed by atoms with Crippen molar-refractivity contribution in [2.75, 3.05) is 24.9 Å². The third kappa shape index (κ3) is 6.35. The topological polar surface area (TPSA) is 89.5 Å². The molecule has 1 aromatic heterocycles. The predicted octanol–water partition coefficient (Wildman–Crippen LogP) is 6.82. The van der Waals surface area contributed by atoms with Crippen molar-refractivity contribution in [3.8, 4) is 22.8 Å². The molecule has 0 spiro atoms. The van der Waals surface area contributed by atoms with Gasteiger partial charge < -0.3 is 20.1 Å². The van der Waals surface area contributed by atoms with Crippen LogP contribution in [0, 0.1) is 13.8 Å². The van der Waals surface area contributed by atoms with Crippen LogP contribution in [0.3, 0.4) is 0 Å². The first-order valence-corrected chi connectivity index (χ1v) is 13.6. The average molecular weight is 548 g/mol. The third-order valence-electron chi connectivity index (χ3n) is 5.78. The molecule has 2 N–H and O–H groups in total. The van der Waals surface area contributed by atoms with Crippen molar-refractivity contribution in [1.29, 1.82) is 0 Å². The van der Waals surface area contributed by atoms with Crippen molar-refractivity contribution in [2.45, 2.75) is 30.9 Å². The number of ether oxygens (including phenoxy) is 2. The molecular weight excluding hydrogens is 518 g/mol. The number of hydrogen-bond acceptors (Lipinski definition) is 7. The van der Waals surface area contributed by atoms with E-state index in [1.807, 2.05) is 51.1 Å². The smallest absolute Gasteiger partial charge is 0.263 e. The lowest BCUT2D eigenvalue weighted by Crippen LogP contribution is -2.22. The van der Waals surface area contributed by atoms with E-state index in [9.17, 15) is 9.59 Å². The molecule has 0 aliphatic carbocycles. The summed E-state index contributed by atoms with van der Waals surface area (Å²) in [5.41, 5.74) is 3.99. The fourth-order valence-electron chi connectivity index (χ4n) is 3.81. The number of thioether (sulfide) groups is 1. The molecule has 0 saturated heterocycles. The van der Waals surface area contributed by atoms with Crippen molar-refractivity contribution >= 4 is 45.7 Å². The summed E-state index contributed by atoms with van der Waals surface area (Å²) in [6, 6.07) is 20.7. The van der Waals surface area contributed by atoms with Gasteiger partial charge in [0.2, 0.25) is 5.91 Å². The van der Waals surface area contributed by atoms with Crippen LogP contribution in [0.15, 0.2) is 71.6 Å². The number of carbonyl (C=O) groups is 2. The number of hydrogen-bond donors (Lipinski definition) is 2. The molecule has 3 aromatic carbocycles. The quantitative estimate of drug-likeness (QED) is 0.224. The maximum Gasteiger partial charge on any atom is 0.263 e. The number of methoxy groups -OCH3 is 2. The van der Waals surface area contributed by atoms with Crippen LogP contribution in [0.4, 0.5) is 10.8 Å². The molecule has 0 fully saturated rings. The summed E-state index contributed by atoms with van der Waals surface area (Å²) in [5, 5.41) is 6.03. The van der Waals surface area contributed by atoms with Crippen molar-refractivity contribution in [3.05, 3.63) is 82.7 Å². The Hall–Kier alpha value is -3.82. The molecule has 1 atom stereocenters. The molecule has 4 aromatic rings. The summed E-state index contributed by atoms with van der Waals surface area (Å²) < 4.78 is 10.7. The van der Waals surface area contributed by atoms with Crippen LogP contribution in [0.5, 0.6) is 11.5 Å². The Labute approximate surface area is 230 Å². The highest BCUT2D eigenvalue weighted by atomic mass is 32.2.